The van der Waals surface area contributed by atoms with Crippen LogP contribution in [-0.4, -0.2) is 29.3 Å². The monoisotopic (exact) mass is 299 g/mol. The fourth-order valence-corrected chi connectivity index (χ4v) is 4.74. The molecule has 5 rings (SSSR count). The Labute approximate surface area is 128 Å². The number of carbonyl (C=O) groups is 2. The van der Waals surface area contributed by atoms with E-state index in [1.165, 1.54) is 0 Å². The number of nitrogens with zero attached hydrogens (tertiary/aromatic N) is 1. The van der Waals surface area contributed by atoms with Gasteiger partial charge in [0.2, 0.25) is 5.60 Å². The number of hydrogen-bond donors (Lipinski definition) is 0. The Hall–Kier alpha value is -1.88. The maximum Gasteiger partial charge on any atom is 0.310 e. The molecule has 0 bridgehead atoms. The Balaban J connectivity index is 1.67. The molecule has 22 heavy (non-hydrogen) atoms. The van der Waals surface area contributed by atoms with Crippen LogP contribution in [0.15, 0.2) is 24.3 Å². The molecule has 1 aromatic carbocycles. The molecule has 0 aromatic heterocycles. The van der Waals surface area contributed by atoms with Gasteiger partial charge >= 0.3 is 5.97 Å². The second kappa shape index (κ2) is 3.90. The average molecular weight is 299 g/mol. The van der Waals surface area contributed by atoms with Crippen LogP contribution in [-0.2, 0) is 25.5 Å². The summed E-state index contributed by atoms with van der Waals surface area (Å²) < 4.78 is 12.0. The number of para-hydroxylation sites is 1. The van der Waals surface area contributed by atoms with E-state index in [1.807, 2.05) is 24.3 Å². The summed E-state index contributed by atoms with van der Waals surface area (Å²) >= 11 is 0. The molecule has 0 N–H and O–H groups in total. The molecule has 5 heteroatoms. The Morgan fingerprint density at radius 3 is 2.86 bits per heavy atom. The van der Waals surface area contributed by atoms with Crippen molar-refractivity contribution in [1.29, 1.82) is 0 Å². The normalized spacial score (nSPS) is 38.9. The molecule has 3 fully saturated rings. The van der Waals surface area contributed by atoms with Crippen LogP contribution in [0.1, 0.15) is 37.7 Å². The molecule has 1 saturated carbocycles. The molecule has 1 aromatic rings. The van der Waals surface area contributed by atoms with E-state index in [0.29, 0.717) is 12.8 Å². The fourth-order valence-electron chi connectivity index (χ4n) is 4.74. The molecule has 1 unspecified atom stereocenters. The molecule has 2 saturated heterocycles. The molecule has 1 aliphatic carbocycles. The van der Waals surface area contributed by atoms with Gasteiger partial charge in [-0.2, -0.15) is 0 Å². The summed E-state index contributed by atoms with van der Waals surface area (Å²) in [7, 11) is 0. The van der Waals surface area contributed by atoms with Gasteiger partial charge in [0.25, 0.3) is 5.91 Å². The number of benzene rings is 1. The van der Waals surface area contributed by atoms with E-state index in [2.05, 4.69) is 0 Å². The molecule has 5 nitrogen and oxygen atoms in total. The average Bonchev–Trinajstić information content (AvgIpc) is 3.01. The van der Waals surface area contributed by atoms with Crippen LogP contribution < -0.4 is 4.90 Å². The summed E-state index contributed by atoms with van der Waals surface area (Å²) in [6.07, 6.45) is 3.77. The number of carbonyl (C=O) groups excluding carboxylic acids is 2. The molecule has 1 amide bonds. The number of hydrogen-bond acceptors (Lipinski definition) is 4. The summed E-state index contributed by atoms with van der Waals surface area (Å²) in [4.78, 5) is 27.0. The molecule has 3 heterocycles. The topological polar surface area (TPSA) is 55.8 Å². The molecular weight excluding hydrogens is 282 g/mol. The lowest BCUT2D eigenvalue weighted by molar-refractivity contribution is -0.219. The van der Waals surface area contributed by atoms with E-state index in [4.69, 9.17) is 9.47 Å². The molecule has 3 atom stereocenters. The van der Waals surface area contributed by atoms with E-state index in [9.17, 15) is 9.59 Å². The van der Waals surface area contributed by atoms with Crippen molar-refractivity contribution < 1.29 is 19.1 Å². The van der Waals surface area contributed by atoms with Gasteiger partial charge in [-0.3, -0.25) is 14.5 Å². The second-order valence-corrected chi connectivity index (χ2v) is 6.76. The van der Waals surface area contributed by atoms with Crippen LogP contribution in [0.5, 0.6) is 0 Å². The van der Waals surface area contributed by atoms with Gasteiger partial charge in [0.1, 0.15) is 11.8 Å². The zero-order valence-corrected chi connectivity index (χ0v) is 12.2. The summed E-state index contributed by atoms with van der Waals surface area (Å²) in [5.74, 6) is -0.385. The minimum Gasteiger partial charge on any atom is -0.446 e. The maximum atomic E-state index is 13.3. The van der Waals surface area contributed by atoms with Gasteiger partial charge in [-0.15, -0.1) is 0 Å². The summed E-state index contributed by atoms with van der Waals surface area (Å²) in [5.41, 5.74) is 0.171. The van der Waals surface area contributed by atoms with Gasteiger partial charge in [-0.1, -0.05) is 24.6 Å². The number of amides is 1. The number of rotatable bonds is 0. The van der Waals surface area contributed by atoms with Crippen molar-refractivity contribution in [2.75, 3.05) is 4.90 Å². The number of anilines is 1. The third-order valence-corrected chi connectivity index (χ3v) is 5.67. The largest absolute Gasteiger partial charge is 0.446 e. The second-order valence-electron chi connectivity index (χ2n) is 6.76. The van der Waals surface area contributed by atoms with Gasteiger partial charge in [-0.25, -0.2) is 0 Å². The highest BCUT2D eigenvalue weighted by Crippen LogP contribution is 2.56. The first-order chi connectivity index (χ1) is 10.7. The highest BCUT2D eigenvalue weighted by Gasteiger charge is 2.72. The van der Waals surface area contributed by atoms with E-state index in [0.717, 1.165) is 30.5 Å². The summed E-state index contributed by atoms with van der Waals surface area (Å²) in [6.45, 7) is 0. The fraction of sp³-hybridized carbons (Fsp3) is 0.529. The molecular formula is C17H17NO4. The lowest BCUT2D eigenvalue weighted by atomic mass is 9.69. The van der Waals surface area contributed by atoms with Gasteiger partial charge in [-0.05, 0) is 30.9 Å². The Kier molecular flexibility index (Phi) is 2.24. The Morgan fingerprint density at radius 2 is 1.95 bits per heavy atom. The van der Waals surface area contributed by atoms with Gasteiger partial charge in [0, 0.05) is 12.1 Å². The standard InChI is InChI=1S/C17H17NO4/c19-14-10-16-7-3-4-8-17(16,22-14)15(20)18-12-6-2-1-5-11(12)9-13(18)21-16/h1-2,5-6,13H,3-4,7-10H2/t13?,16-,17-/m0/s1. The number of ether oxygens (including phenoxy) is 2. The highest BCUT2D eigenvalue weighted by atomic mass is 16.6. The zero-order chi connectivity index (χ0) is 14.9. The molecule has 114 valence electrons. The van der Waals surface area contributed by atoms with Crippen LogP contribution in [0, 0.1) is 0 Å². The van der Waals surface area contributed by atoms with Crippen molar-refractivity contribution in [2.24, 2.45) is 0 Å². The first-order valence-corrected chi connectivity index (χ1v) is 7.97. The third kappa shape index (κ3) is 1.29. The van der Waals surface area contributed by atoms with E-state index in [-0.39, 0.29) is 24.5 Å². The van der Waals surface area contributed by atoms with Crippen molar-refractivity contribution in [3.05, 3.63) is 29.8 Å². The lowest BCUT2D eigenvalue weighted by Gasteiger charge is -2.52. The van der Waals surface area contributed by atoms with Crippen LogP contribution in [0.4, 0.5) is 5.69 Å². The quantitative estimate of drug-likeness (QED) is 0.687. The van der Waals surface area contributed by atoms with Crippen molar-refractivity contribution >= 4 is 17.6 Å². The Bertz CT molecular complexity index is 702. The van der Waals surface area contributed by atoms with E-state index >= 15 is 0 Å². The number of fused-ring (bicyclic) bond motifs is 3. The summed E-state index contributed by atoms with van der Waals surface area (Å²) in [6, 6.07) is 7.88. The van der Waals surface area contributed by atoms with Crippen molar-refractivity contribution in [3.63, 3.8) is 0 Å². The van der Waals surface area contributed by atoms with E-state index < -0.39 is 11.2 Å². The highest BCUT2D eigenvalue weighted by molar-refractivity contribution is 6.06. The summed E-state index contributed by atoms with van der Waals surface area (Å²) in [5, 5.41) is 0. The Morgan fingerprint density at radius 1 is 1.14 bits per heavy atom. The third-order valence-electron chi connectivity index (χ3n) is 5.67. The lowest BCUT2D eigenvalue weighted by Crippen LogP contribution is -2.71. The number of esters is 1. The van der Waals surface area contributed by atoms with Gasteiger partial charge < -0.3 is 9.47 Å². The first-order valence-electron chi connectivity index (χ1n) is 7.97. The van der Waals surface area contributed by atoms with Crippen molar-refractivity contribution in [3.8, 4) is 0 Å². The van der Waals surface area contributed by atoms with Gasteiger partial charge in [0.05, 0.1) is 6.42 Å². The zero-order valence-electron chi connectivity index (χ0n) is 12.2. The van der Waals surface area contributed by atoms with Gasteiger partial charge in [0.15, 0.2) is 0 Å². The van der Waals surface area contributed by atoms with Crippen LogP contribution in [0.25, 0.3) is 0 Å². The molecule has 4 aliphatic rings. The minimum atomic E-state index is -1.10. The predicted molar refractivity (Wildman–Crippen MR) is 77.1 cm³/mol. The maximum absolute atomic E-state index is 13.3. The minimum absolute atomic E-state index is 0.0840. The molecule has 0 radical (unpaired) electrons. The SMILES string of the molecule is O=C1C[C@@]23CCCC[C@]2(O1)C(=O)N1c2ccccc2CC1O3. The van der Waals surface area contributed by atoms with Crippen molar-refractivity contribution in [1.82, 2.24) is 0 Å². The van der Waals surface area contributed by atoms with Crippen LogP contribution in [0.2, 0.25) is 0 Å². The predicted octanol–water partition coefficient (Wildman–Crippen LogP) is 1.93. The smallest absolute Gasteiger partial charge is 0.310 e. The first kappa shape index (κ1) is 12.6. The van der Waals surface area contributed by atoms with E-state index in [1.54, 1.807) is 4.90 Å². The molecule has 0 spiro atoms. The molecule has 3 aliphatic heterocycles. The van der Waals surface area contributed by atoms with Crippen LogP contribution in [0.3, 0.4) is 0 Å². The van der Waals surface area contributed by atoms with Crippen LogP contribution >= 0.6 is 0 Å². The van der Waals surface area contributed by atoms with Crippen molar-refractivity contribution in [2.45, 2.75) is 56.0 Å².